The molecule has 57 heavy (non-hydrogen) atoms. The van der Waals surface area contributed by atoms with Crippen LogP contribution in [0.25, 0.3) is 0 Å². The Hall–Kier alpha value is -5.40. The van der Waals surface area contributed by atoms with E-state index in [0.29, 0.717) is 5.56 Å². The van der Waals surface area contributed by atoms with Gasteiger partial charge in [-0.3, -0.25) is 9.59 Å². The normalized spacial score (nSPS) is 19.8. The molecular weight excluding hydrogens is 728 g/mol. The third kappa shape index (κ3) is 13.9. The summed E-state index contributed by atoms with van der Waals surface area (Å²) in [4.78, 5) is 54.1. The number of carbonyl (C=O) groups excluding carboxylic acids is 4. The third-order valence-corrected chi connectivity index (χ3v) is 8.95. The second-order valence-electron chi connectivity index (χ2n) is 14.8. The summed E-state index contributed by atoms with van der Waals surface area (Å²) < 4.78 is 37.0. The van der Waals surface area contributed by atoms with Crippen LogP contribution in [0.4, 0.5) is 4.79 Å². The van der Waals surface area contributed by atoms with Crippen molar-refractivity contribution in [2.75, 3.05) is 6.61 Å². The molecular formula is C45H52N2O10. The smallest absolute Gasteiger partial charge is 0.408 e. The SMILES string of the molecule is CC(=O)N[C@@H]1[C@@H](OCc2ccccc2)[C@H](OCc2ccccc2)[C@@H](COCc2ccccc2)O[C@@H]1C(=O)C[C@@H](NC(=O)OC(C)(C)C)C(=O)OCc1ccccc1. The number of ether oxygens (including phenoxy) is 6. The number of carbonyl (C=O) groups is 4. The van der Waals surface area contributed by atoms with Gasteiger partial charge in [-0.05, 0) is 43.0 Å². The van der Waals surface area contributed by atoms with Crippen LogP contribution in [-0.4, -0.2) is 72.5 Å². The standard InChI is InChI=1S/C45H52N2O10/c1-31(48)46-39-40(37(49)25-36(47-44(51)57-45(2,3)4)43(50)55-29-35-23-15-8-16-24-35)56-38(30-52-26-32-17-9-5-10-18-32)41(53-27-33-19-11-6-12-20-33)42(39)54-28-34-21-13-7-14-22-34/h5-24,36,38-42H,25-30H2,1-4H3,(H,46,48)(H,47,51)/t36-,38-,39+,40-,41-,42-/m1/s1. The van der Waals surface area contributed by atoms with E-state index >= 15 is 0 Å². The number of rotatable bonds is 18. The molecule has 1 fully saturated rings. The van der Waals surface area contributed by atoms with Gasteiger partial charge in [0.15, 0.2) is 5.78 Å². The van der Waals surface area contributed by atoms with Crippen LogP contribution in [-0.2, 0) is 69.2 Å². The van der Waals surface area contributed by atoms with E-state index in [1.807, 2.05) is 97.1 Å². The summed E-state index contributed by atoms with van der Waals surface area (Å²) in [7, 11) is 0. The zero-order valence-electron chi connectivity index (χ0n) is 32.8. The number of benzene rings is 4. The maximum Gasteiger partial charge on any atom is 0.408 e. The molecule has 0 aliphatic carbocycles. The number of esters is 1. The predicted octanol–water partition coefficient (Wildman–Crippen LogP) is 6.24. The van der Waals surface area contributed by atoms with E-state index in [1.165, 1.54) is 6.92 Å². The molecule has 12 heteroatoms. The van der Waals surface area contributed by atoms with Gasteiger partial charge in [0, 0.05) is 13.3 Å². The molecule has 0 spiro atoms. The number of ketones is 1. The number of Topliss-reactive ketones (excluding diaryl/α,β-unsaturated/α-hetero) is 1. The van der Waals surface area contributed by atoms with E-state index < -0.39 is 72.3 Å². The van der Waals surface area contributed by atoms with Gasteiger partial charge in [0.05, 0.1) is 32.5 Å². The Morgan fingerprint density at radius 3 is 1.63 bits per heavy atom. The van der Waals surface area contributed by atoms with E-state index in [4.69, 9.17) is 28.4 Å². The number of amides is 2. The highest BCUT2D eigenvalue weighted by Crippen LogP contribution is 2.30. The third-order valence-electron chi connectivity index (χ3n) is 8.95. The number of hydrogen-bond acceptors (Lipinski definition) is 10. The zero-order valence-corrected chi connectivity index (χ0v) is 32.8. The lowest BCUT2D eigenvalue weighted by molar-refractivity contribution is -0.230. The van der Waals surface area contributed by atoms with Crippen LogP contribution in [0.15, 0.2) is 121 Å². The first-order valence-corrected chi connectivity index (χ1v) is 19.0. The van der Waals surface area contributed by atoms with E-state index in [9.17, 15) is 19.2 Å². The van der Waals surface area contributed by atoms with Crippen LogP contribution < -0.4 is 10.6 Å². The number of hydrogen-bond donors (Lipinski definition) is 2. The lowest BCUT2D eigenvalue weighted by Crippen LogP contribution is -2.67. The molecule has 1 saturated heterocycles. The topological polar surface area (TPSA) is 148 Å². The highest BCUT2D eigenvalue weighted by Gasteiger charge is 2.51. The molecule has 1 aliphatic rings. The molecule has 4 aromatic rings. The first kappa shape index (κ1) is 42.7. The van der Waals surface area contributed by atoms with Crippen molar-refractivity contribution in [3.63, 3.8) is 0 Å². The molecule has 0 aromatic heterocycles. The molecule has 1 heterocycles. The lowest BCUT2D eigenvalue weighted by atomic mass is 9.88. The van der Waals surface area contributed by atoms with Crippen LogP contribution in [0.3, 0.4) is 0 Å². The van der Waals surface area contributed by atoms with Gasteiger partial charge < -0.3 is 39.1 Å². The quantitative estimate of drug-likeness (QED) is 0.111. The molecule has 12 nitrogen and oxygen atoms in total. The molecule has 2 N–H and O–H groups in total. The predicted molar refractivity (Wildman–Crippen MR) is 211 cm³/mol. The maximum absolute atomic E-state index is 14.6. The minimum absolute atomic E-state index is 0.00514. The Morgan fingerprint density at radius 2 is 1.14 bits per heavy atom. The summed E-state index contributed by atoms with van der Waals surface area (Å²) in [6.07, 6.45) is -5.47. The number of nitrogens with one attached hydrogen (secondary N) is 2. The zero-order chi connectivity index (χ0) is 40.6. The maximum atomic E-state index is 14.6. The number of alkyl carbamates (subject to hydrolysis) is 1. The Kier molecular flexibility index (Phi) is 15.9. The summed E-state index contributed by atoms with van der Waals surface area (Å²) in [5.41, 5.74) is 2.51. The molecule has 302 valence electrons. The fourth-order valence-electron chi connectivity index (χ4n) is 6.33. The average molecular weight is 781 g/mol. The van der Waals surface area contributed by atoms with Crippen molar-refractivity contribution in [3.8, 4) is 0 Å². The van der Waals surface area contributed by atoms with Crippen molar-refractivity contribution in [2.24, 2.45) is 0 Å². The molecule has 0 radical (unpaired) electrons. The molecule has 0 bridgehead atoms. The second kappa shape index (κ2) is 21.2. The fourth-order valence-corrected chi connectivity index (χ4v) is 6.33. The Morgan fingerprint density at radius 1 is 0.667 bits per heavy atom. The highest BCUT2D eigenvalue weighted by molar-refractivity contribution is 5.92. The second-order valence-corrected chi connectivity index (χ2v) is 14.8. The molecule has 5 rings (SSSR count). The fraction of sp³-hybridized carbons (Fsp3) is 0.378. The van der Waals surface area contributed by atoms with Crippen molar-refractivity contribution < 1.29 is 47.6 Å². The summed E-state index contributed by atoms with van der Waals surface area (Å²) in [5.74, 6) is -1.90. The summed E-state index contributed by atoms with van der Waals surface area (Å²) >= 11 is 0. The van der Waals surface area contributed by atoms with Gasteiger partial charge in [-0.1, -0.05) is 121 Å². The van der Waals surface area contributed by atoms with Crippen molar-refractivity contribution in [1.82, 2.24) is 10.6 Å². The summed E-state index contributed by atoms with van der Waals surface area (Å²) in [6, 6.07) is 35.1. The van der Waals surface area contributed by atoms with Crippen molar-refractivity contribution in [3.05, 3.63) is 144 Å². The van der Waals surface area contributed by atoms with Crippen LogP contribution in [0.5, 0.6) is 0 Å². The molecule has 0 unspecified atom stereocenters. The van der Waals surface area contributed by atoms with E-state index in [-0.39, 0.29) is 33.0 Å². The van der Waals surface area contributed by atoms with Gasteiger partial charge in [0.1, 0.15) is 42.7 Å². The van der Waals surface area contributed by atoms with Gasteiger partial charge in [-0.2, -0.15) is 0 Å². The Bertz CT molecular complexity index is 1860. The average Bonchev–Trinajstić information content (AvgIpc) is 3.19. The van der Waals surface area contributed by atoms with Crippen LogP contribution in [0.2, 0.25) is 0 Å². The minimum atomic E-state index is -1.46. The van der Waals surface area contributed by atoms with Gasteiger partial charge in [0.2, 0.25) is 5.91 Å². The van der Waals surface area contributed by atoms with Crippen molar-refractivity contribution in [1.29, 1.82) is 0 Å². The van der Waals surface area contributed by atoms with E-state index in [1.54, 1.807) is 45.0 Å². The van der Waals surface area contributed by atoms with Gasteiger partial charge in [-0.25, -0.2) is 9.59 Å². The summed E-state index contributed by atoms with van der Waals surface area (Å²) in [5, 5.41) is 5.42. The lowest BCUT2D eigenvalue weighted by Gasteiger charge is -2.46. The Labute approximate surface area is 334 Å². The van der Waals surface area contributed by atoms with Gasteiger partial charge >= 0.3 is 12.1 Å². The molecule has 6 atom stereocenters. The monoisotopic (exact) mass is 780 g/mol. The first-order chi connectivity index (χ1) is 27.4. The largest absolute Gasteiger partial charge is 0.459 e. The first-order valence-electron chi connectivity index (χ1n) is 19.0. The van der Waals surface area contributed by atoms with E-state index in [2.05, 4.69) is 10.6 Å². The molecule has 2 amide bonds. The van der Waals surface area contributed by atoms with Crippen LogP contribution in [0.1, 0.15) is 56.4 Å². The van der Waals surface area contributed by atoms with Crippen molar-refractivity contribution >= 4 is 23.8 Å². The van der Waals surface area contributed by atoms with E-state index in [0.717, 1.165) is 16.7 Å². The van der Waals surface area contributed by atoms with Crippen LogP contribution in [0, 0.1) is 0 Å². The highest BCUT2D eigenvalue weighted by atomic mass is 16.6. The summed E-state index contributed by atoms with van der Waals surface area (Å²) in [6.45, 7) is 6.83. The van der Waals surface area contributed by atoms with Gasteiger partial charge in [0.25, 0.3) is 0 Å². The van der Waals surface area contributed by atoms with Crippen LogP contribution >= 0.6 is 0 Å². The minimum Gasteiger partial charge on any atom is -0.459 e. The molecule has 4 aromatic carbocycles. The van der Waals surface area contributed by atoms with Gasteiger partial charge in [-0.15, -0.1) is 0 Å². The Balaban J connectivity index is 1.46. The molecule has 1 aliphatic heterocycles. The molecule has 0 saturated carbocycles. The van der Waals surface area contributed by atoms with Crippen molar-refractivity contribution in [2.45, 2.75) is 103 Å².